The number of hydrogen-bond acceptors (Lipinski definition) is 7. The molecule has 0 bridgehead atoms. The molecule has 152 valence electrons. The van der Waals surface area contributed by atoms with E-state index in [2.05, 4.69) is 25.3 Å². The summed E-state index contributed by atoms with van der Waals surface area (Å²) >= 11 is 1.38. The average Bonchev–Trinajstić information content (AvgIpc) is 3.41. The van der Waals surface area contributed by atoms with Crippen LogP contribution in [-0.4, -0.2) is 44.8 Å². The van der Waals surface area contributed by atoms with Gasteiger partial charge in [-0.1, -0.05) is 18.2 Å². The second kappa shape index (κ2) is 7.85. The fourth-order valence-corrected chi connectivity index (χ4v) is 4.54. The van der Waals surface area contributed by atoms with Crippen LogP contribution in [0.15, 0.2) is 54.3 Å². The van der Waals surface area contributed by atoms with Crippen molar-refractivity contribution in [1.82, 2.24) is 19.7 Å². The Hall–Kier alpha value is -3.30. The van der Waals surface area contributed by atoms with Crippen LogP contribution in [0, 0.1) is 0 Å². The first kappa shape index (κ1) is 18.7. The molecule has 1 saturated heterocycles. The van der Waals surface area contributed by atoms with Crippen LogP contribution >= 0.6 is 11.3 Å². The summed E-state index contributed by atoms with van der Waals surface area (Å²) in [5, 5.41) is 10.8. The molecule has 9 heteroatoms. The number of aromatic nitrogens is 4. The van der Waals surface area contributed by atoms with Crippen LogP contribution in [-0.2, 0) is 0 Å². The monoisotopic (exact) mass is 419 g/mol. The van der Waals surface area contributed by atoms with Crippen molar-refractivity contribution in [3.8, 4) is 5.13 Å². The number of nitrogens with one attached hydrogen (secondary N) is 1. The lowest BCUT2D eigenvalue weighted by molar-refractivity contribution is 0.102. The van der Waals surface area contributed by atoms with Gasteiger partial charge in [0.1, 0.15) is 5.69 Å². The zero-order chi connectivity index (χ0) is 20.5. The second-order valence-corrected chi connectivity index (χ2v) is 8.16. The summed E-state index contributed by atoms with van der Waals surface area (Å²) in [5.41, 5.74) is 9.03. The molecule has 1 aliphatic rings. The molecule has 1 aromatic carbocycles. The molecule has 0 aliphatic carbocycles. The summed E-state index contributed by atoms with van der Waals surface area (Å²) in [4.78, 5) is 23.8. The predicted octanol–water partition coefficient (Wildman–Crippen LogP) is 3.06. The molecule has 5 rings (SSSR count). The summed E-state index contributed by atoms with van der Waals surface area (Å²) in [6.45, 7) is 1.67. The predicted molar refractivity (Wildman–Crippen MR) is 118 cm³/mol. The molecule has 3 N–H and O–H groups in total. The Balaban J connectivity index is 1.38. The summed E-state index contributed by atoms with van der Waals surface area (Å²) in [7, 11) is 0. The largest absolute Gasteiger partial charge is 0.368 e. The van der Waals surface area contributed by atoms with Gasteiger partial charge in [-0.2, -0.15) is 5.10 Å². The van der Waals surface area contributed by atoms with Crippen LogP contribution in [0.3, 0.4) is 0 Å². The highest BCUT2D eigenvalue weighted by Crippen LogP contribution is 2.28. The first-order valence-corrected chi connectivity index (χ1v) is 10.7. The van der Waals surface area contributed by atoms with Crippen molar-refractivity contribution in [1.29, 1.82) is 0 Å². The number of fused-ring (bicyclic) bond motifs is 1. The smallest absolute Gasteiger partial charge is 0.275 e. The van der Waals surface area contributed by atoms with Crippen molar-refractivity contribution >= 4 is 39.5 Å². The van der Waals surface area contributed by atoms with Gasteiger partial charge >= 0.3 is 0 Å². The Kier molecular flexibility index (Phi) is 4.89. The van der Waals surface area contributed by atoms with E-state index >= 15 is 0 Å². The third-order valence-electron chi connectivity index (χ3n) is 5.23. The zero-order valence-corrected chi connectivity index (χ0v) is 17.0. The highest BCUT2D eigenvalue weighted by atomic mass is 32.1. The van der Waals surface area contributed by atoms with Gasteiger partial charge in [0.2, 0.25) is 5.13 Å². The summed E-state index contributed by atoms with van der Waals surface area (Å²) in [5.74, 6) is -0.274. The third kappa shape index (κ3) is 3.53. The van der Waals surface area contributed by atoms with Gasteiger partial charge in [-0.15, -0.1) is 11.3 Å². The van der Waals surface area contributed by atoms with E-state index in [0.717, 1.165) is 42.5 Å². The Morgan fingerprint density at radius 3 is 3.03 bits per heavy atom. The number of piperidine rings is 1. The molecule has 0 unspecified atom stereocenters. The summed E-state index contributed by atoms with van der Waals surface area (Å²) in [6, 6.07) is 9.95. The fourth-order valence-electron chi connectivity index (χ4n) is 3.76. The zero-order valence-electron chi connectivity index (χ0n) is 16.2. The molecule has 1 atom stereocenters. The van der Waals surface area contributed by atoms with Gasteiger partial charge in [0.25, 0.3) is 5.91 Å². The molecule has 4 aromatic rings. The number of pyridine rings is 1. The molecule has 0 spiro atoms. The summed E-state index contributed by atoms with van der Waals surface area (Å²) in [6.07, 6.45) is 7.25. The second-order valence-electron chi connectivity index (χ2n) is 7.33. The van der Waals surface area contributed by atoms with Gasteiger partial charge in [-0.05, 0) is 25.0 Å². The maximum absolute atomic E-state index is 12.9. The van der Waals surface area contributed by atoms with Crippen LogP contribution < -0.4 is 16.0 Å². The maximum Gasteiger partial charge on any atom is 0.275 e. The molecule has 30 heavy (non-hydrogen) atoms. The average molecular weight is 420 g/mol. The first-order valence-electron chi connectivity index (χ1n) is 9.83. The van der Waals surface area contributed by atoms with Crippen LogP contribution in [0.4, 0.5) is 11.4 Å². The standard InChI is InChI=1S/C21H21N7OS/c22-15-5-3-9-27(12-15)19-7-8-23-11-16(19)25-20(29)17-13-30-21(26-17)28-18-6-2-1-4-14(18)10-24-28/h1-2,4,6-8,10-11,13,15H,3,5,9,12,22H2,(H,25,29)/t15-/m0/s1. The van der Waals surface area contributed by atoms with Crippen molar-refractivity contribution in [2.45, 2.75) is 18.9 Å². The number of nitrogens with zero attached hydrogens (tertiary/aromatic N) is 5. The number of benzene rings is 1. The van der Waals surface area contributed by atoms with Crippen molar-refractivity contribution in [2.75, 3.05) is 23.3 Å². The third-order valence-corrected chi connectivity index (χ3v) is 6.04. The van der Waals surface area contributed by atoms with Gasteiger partial charge in [-0.3, -0.25) is 9.78 Å². The fraction of sp³-hybridized carbons (Fsp3) is 0.238. The molecule has 0 saturated carbocycles. The Bertz CT molecular complexity index is 1200. The molecule has 1 aliphatic heterocycles. The van der Waals surface area contributed by atoms with Gasteiger partial charge in [0.15, 0.2) is 0 Å². The highest BCUT2D eigenvalue weighted by Gasteiger charge is 2.21. The Morgan fingerprint density at radius 2 is 2.13 bits per heavy atom. The van der Waals surface area contributed by atoms with Gasteiger partial charge in [0, 0.05) is 36.1 Å². The van der Waals surface area contributed by atoms with Crippen LogP contribution in [0.2, 0.25) is 0 Å². The quantitative estimate of drug-likeness (QED) is 0.527. The number of carbonyl (C=O) groups excluding carboxylic acids is 1. The van der Waals surface area contributed by atoms with Crippen molar-refractivity contribution in [2.24, 2.45) is 5.73 Å². The van der Waals surface area contributed by atoms with E-state index in [-0.39, 0.29) is 11.9 Å². The minimum Gasteiger partial charge on any atom is -0.368 e. The number of hydrogen-bond donors (Lipinski definition) is 2. The van der Waals surface area contributed by atoms with Crippen LogP contribution in [0.1, 0.15) is 23.3 Å². The van der Waals surface area contributed by atoms with E-state index in [4.69, 9.17) is 5.73 Å². The minimum absolute atomic E-state index is 0.139. The van der Waals surface area contributed by atoms with Gasteiger partial charge < -0.3 is 16.0 Å². The molecule has 3 aromatic heterocycles. The molecular formula is C21H21N7OS. The Morgan fingerprint density at radius 1 is 1.23 bits per heavy atom. The van der Waals surface area contributed by atoms with E-state index in [1.54, 1.807) is 28.7 Å². The first-order chi connectivity index (χ1) is 14.7. The molecule has 1 fully saturated rings. The Labute approximate surface area is 177 Å². The van der Waals surface area contributed by atoms with Crippen LogP contribution in [0.5, 0.6) is 0 Å². The number of thiazole rings is 1. The van der Waals surface area contributed by atoms with E-state index in [1.807, 2.05) is 30.3 Å². The van der Waals surface area contributed by atoms with E-state index < -0.39 is 0 Å². The molecule has 0 radical (unpaired) electrons. The molecule has 8 nitrogen and oxygen atoms in total. The number of amides is 1. The maximum atomic E-state index is 12.9. The van der Waals surface area contributed by atoms with E-state index in [1.165, 1.54) is 11.3 Å². The molecular weight excluding hydrogens is 398 g/mol. The minimum atomic E-state index is -0.274. The van der Waals surface area contributed by atoms with E-state index in [9.17, 15) is 4.79 Å². The lowest BCUT2D eigenvalue weighted by Crippen LogP contribution is -2.43. The highest BCUT2D eigenvalue weighted by molar-refractivity contribution is 7.12. The summed E-state index contributed by atoms with van der Waals surface area (Å²) < 4.78 is 1.75. The van der Waals surface area contributed by atoms with E-state index in [0.29, 0.717) is 16.5 Å². The number of carbonyl (C=O) groups is 1. The molecule has 1 amide bonds. The number of nitrogens with two attached hydrogens (primary N) is 1. The van der Waals surface area contributed by atoms with Crippen molar-refractivity contribution < 1.29 is 4.79 Å². The van der Waals surface area contributed by atoms with Crippen molar-refractivity contribution in [3.63, 3.8) is 0 Å². The number of para-hydroxylation sites is 1. The lowest BCUT2D eigenvalue weighted by atomic mass is 10.1. The molecule has 4 heterocycles. The normalized spacial score (nSPS) is 16.7. The lowest BCUT2D eigenvalue weighted by Gasteiger charge is -2.33. The topological polar surface area (TPSA) is 102 Å². The van der Waals surface area contributed by atoms with Gasteiger partial charge in [0.05, 0.1) is 29.3 Å². The van der Waals surface area contributed by atoms with Crippen LogP contribution in [0.25, 0.3) is 16.0 Å². The van der Waals surface area contributed by atoms with Crippen molar-refractivity contribution in [3.05, 3.63) is 60.0 Å². The van der Waals surface area contributed by atoms with Gasteiger partial charge in [-0.25, -0.2) is 9.67 Å². The number of rotatable bonds is 4. The SMILES string of the molecule is N[C@H]1CCCN(c2ccncc2NC(=O)c2csc(-n3ncc4ccccc43)n2)C1. The number of anilines is 2.